The quantitative estimate of drug-likeness (QED) is 0.626. The van der Waals surface area contributed by atoms with Crippen LogP contribution in [0.2, 0.25) is 0 Å². The van der Waals surface area contributed by atoms with Gasteiger partial charge in [-0.25, -0.2) is 0 Å². The van der Waals surface area contributed by atoms with Gasteiger partial charge < -0.3 is 0 Å². The van der Waals surface area contributed by atoms with E-state index in [-0.39, 0.29) is 14.9 Å². The normalized spacial score (nSPS) is 5.33. The molecule has 0 nitrogen and oxygen atoms in total. The van der Waals surface area contributed by atoms with Crippen LogP contribution in [-0.4, -0.2) is 0 Å². The Morgan fingerprint density at radius 2 is 1.17 bits per heavy atom. The van der Waals surface area contributed by atoms with E-state index in [2.05, 4.69) is 41.0 Å². The zero-order chi connectivity index (χ0) is 5.41. The monoisotopic (exact) mass is 284 g/mol. The van der Waals surface area contributed by atoms with Crippen LogP contribution in [0, 0.1) is 0 Å². The van der Waals surface area contributed by atoms with Gasteiger partial charge in [-0.15, -0.1) is 0 Å². The van der Waals surface area contributed by atoms with Crippen molar-refractivity contribution in [2.75, 3.05) is 0 Å². The molecule has 0 atom stereocenters. The predicted octanol–water partition coefficient (Wildman–Crippen LogP) is 2.59. The third-order valence-corrected chi connectivity index (χ3v) is 0. The first-order chi connectivity index (χ1) is 2.83. The average Bonchev–Trinajstić information content (AvgIpc) is 1.39. The second-order valence-electron chi connectivity index (χ2n) is 0.121. The van der Waals surface area contributed by atoms with Gasteiger partial charge in [0.25, 0.3) is 0 Å². The summed E-state index contributed by atoms with van der Waals surface area (Å²) in [5.74, 6) is 0. The third-order valence-electron chi connectivity index (χ3n) is 0. The fourth-order valence-corrected chi connectivity index (χ4v) is 0. The van der Waals surface area contributed by atoms with Gasteiger partial charge >= 0.3 is 67.1 Å². The maximum atomic E-state index is 4.34. The molecule has 0 saturated carbocycles. The average molecular weight is 283 g/mol. The maximum absolute atomic E-state index is 4.34. The summed E-state index contributed by atoms with van der Waals surface area (Å²) in [6.45, 7) is 0. The van der Waals surface area contributed by atoms with Crippen LogP contribution in [0.5, 0.6) is 0 Å². The van der Waals surface area contributed by atoms with Crippen molar-refractivity contribution in [3.8, 4) is 0 Å². The first kappa shape index (κ1) is 10.9. The summed E-state index contributed by atoms with van der Waals surface area (Å²) in [5.41, 5.74) is 0. The molecule has 0 N–H and O–H groups in total. The molecule has 40 valence electrons. The minimum absolute atomic E-state index is 0.363. The molecular weight excluding hydrogens is 283 g/mol. The summed E-state index contributed by atoms with van der Waals surface area (Å²) in [6.07, 6.45) is 0. The summed E-state index contributed by atoms with van der Waals surface area (Å²) in [4.78, 5) is 0. The Kier molecular flexibility index (Phi) is 28.7. The first-order valence-electron chi connectivity index (χ1n) is 0.592. The summed E-state index contributed by atoms with van der Waals surface area (Å²) < 4.78 is 0. The second kappa shape index (κ2) is 15.7. The molecule has 6 heteroatoms. The third kappa shape index (κ3) is 36.5. The molecule has 0 aliphatic rings. The van der Waals surface area contributed by atoms with E-state index in [0.29, 0.717) is 0 Å². The fourth-order valence-electron chi connectivity index (χ4n) is 0. The van der Waals surface area contributed by atoms with Crippen molar-refractivity contribution in [1.82, 2.24) is 0 Å². The Labute approximate surface area is 66.2 Å². The van der Waals surface area contributed by atoms with Crippen LogP contribution in [0.25, 0.3) is 0 Å². The molecule has 0 amide bonds. The van der Waals surface area contributed by atoms with Crippen LogP contribution < -0.4 is 0 Å². The standard InChI is InChI=1S/Mo.Ni.4S. The Bertz CT molecular complexity index is 61.5. The molecule has 0 heterocycles. The number of rotatable bonds is 0. The first-order valence-corrected chi connectivity index (χ1v) is 9.11. The van der Waals surface area contributed by atoms with Gasteiger partial charge in [0, 0.05) is 0 Å². The summed E-state index contributed by atoms with van der Waals surface area (Å²) in [5, 5.41) is 0. The summed E-state index contributed by atoms with van der Waals surface area (Å²) in [6, 6.07) is 0. The second-order valence-corrected chi connectivity index (χ2v) is 5.58. The summed E-state index contributed by atoms with van der Waals surface area (Å²) >= 11 is 0.428. The van der Waals surface area contributed by atoms with Gasteiger partial charge in [-0.2, -0.15) is 0 Å². The van der Waals surface area contributed by atoms with E-state index in [9.17, 15) is 0 Å². The van der Waals surface area contributed by atoms with Crippen LogP contribution in [0.3, 0.4) is 0 Å². The van der Waals surface area contributed by atoms with E-state index in [1.165, 1.54) is 0 Å². The molecule has 6 heavy (non-hydrogen) atoms. The van der Waals surface area contributed by atoms with Crippen molar-refractivity contribution in [2.24, 2.45) is 0 Å². The molecule has 0 radical (unpaired) electrons. The van der Waals surface area contributed by atoms with E-state index in [1.807, 2.05) is 0 Å². The molecule has 0 aliphatic heterocycles. The van der Waals surface area contributed by atoms with Crippen LogP contribution in [0.1, 0.15) is 0 Å². The molecule has 0 saturated heterocycles. The van der Waals surface area contributed by atoms with Crippen LogP contribution in [-0.2, 0) is 26.2 Å². The van der Waals surface area contributed by atoms with Crippen molar-refractivity contribution in [3.05, 3.63) is 0 Å². The zero-order valence-corrected chi connectivity index (χ0v) is 8.62. The molecule has 0 fully saturated rings. The SMILES string of the molecule is [S]=[Mo]=[S].[S]=[Ni]=[S]. The number of hydrogen-bond donors (Lipinski definition) is 0. The van der Waals surface area contributed by atoms with E-state index in [1.54, 1.807) is 0 Å². The predicted molar refractivity (Wildman–Crippen MR) is 30.4 cm³/mol. The van der Waals surface area contributed by atoms with Crippen molar-refractivity contribution in [1.29, 1.82) is 0 Å². The minimum atomic E-state index is -0.363. The van der Waals surface area contributed by atoms with E-state index < -0.39 is 0 Å². The van der Waals surface area contributed by atoms with Gasteiger partial charge in [-0.1, -0.05) is 0 Å². The molecule has 0 aromatic heterocycles. The Hall–Kier alpha value is 2.06. The molecule has 0 aliphatic carbocycles. The molecular formula is MoNiS4. The van der Waals surface area contributed by atoms with Crippen LogP contribution in [0.15, 0.2) is 0 Å². The van der Waals surface area contributed by atoms with Crippen molar-refractivity contribution < 1.29 is 26.2 Å². The summed E-state index contributed by atoms with van der Waals surface area (Å²) in [7, 11) is 17.0. The van der Waals surface area contributed by atoms with Gasteiger partial charge in [0.2, 0.25) is 0 Å². The molecule has 0 bridgehead atoms. The van der Waals surface area contributed by atoms with Crippen molar-refractivity contribution in [2.45, 2.75) is 0 Å². The van der Waals surface area contributed by atoms with Crippen molar-refractivity contribution in [3.63, 3.8) is 0 Å². The van der Waals surface area contributed by atoms with E-state index in [4.69, 9.17) is 0 Å². The van der Waals surface area contributed by atoms with Gasteiger partial charge in [-0.05, 0) is 0 Å². The fraction of sp³-hybridized carbons (Fsp3) is 0. The van der Waals surface area contributed by atoms with Gasteiger partial charge in [0.1, 0.15) is 0 Å². The van der Waals surface area contributed by atoms with Crippen molar-refractivity contribution >= 4 is 41.0 Å². The van der Waals surface area contributed by atoms with Crippen LogP contribution in [0.4, 0.5) is 0 Å². The topological polar surface area (TPSA) is 0 Å². The molecule has 0 aromatic rings. The van der Waals surface area contributed by atoms with E-state index >= 15 is 0 Å². The van der Waals surface area contributed by atoms with E-state index in [0.717, 1.165) is 11.2 Å². The Balaban J connectivity index is 0. The van der Waals surface area contributed by atoms with Gasteiger partial charge in [0.05, 0.1) is 0 Å². The Morgan fingerprint density at radius 3 is 1.17 bits per heavy atom. The van der Waals surface area contributed by atoms with Gasteiger partial charge in [-0.3, -0.25) is 0 Å². The molecule has 0 unspecified atom stereocenters. The van der Waals surface area contributed by atoms with Crippen LogP contribution >= 0.6 is 41.0 Å². The molecule has 0 aromatic carbocycles. The Morgan fingerprint density at radius 1 is 1.17 bits per heavy atom. The van der Waals surface area contributed by atoms with Gasteiger partial charge in [0.15, 0.2) is 0 Å². The zero-order valence-electron chi connectivity index (χ0n) is 2.36. The number of hydrogen-bond acceptors (Lipinski definition) is 4. The molecule has 0 spiro atoms. The molecule has 0 rings (SSSR count).